The van der Waals surface area contributed by atoms with Crippen LogP contribution in [0.5, 0.6) is 5.75 Å². The fourth-order valence-corrected chi connectivity index (χ4v) is 1.25. The van der Waals surface area contributed by atoms with E-state index in [-0.39, 0.29) is 18.3 Å². The lowest BCUT2D eigenvalue weighted by molar-refractivity contribution is -0.274. The molecule has 0 unspecified atom stereocenters. The molecule has 0 spiro atoms. The number of aliphatic imine (C=N–C) groups is 1. The summed E-state index contributed by atoms with van der Waals surface area (Å²) in [6.45, 7) is 3.64. The van der Waals surface area contributed by atoms with Crippen molar-refractivity contribution in [2.75, 3.05) is 11.9 Å². The second kappa shape index (κ2) is 6.35. The van der Waals surface area contributed by atoms with E-state index in [1.54, 1.807) is 13.8 Å². The van der Waals surface area contributed by atoms with E-state index >= 15 is 0 Å². The predicted octanol–water partition coefficient (Wildman–Crippen LogP) is 2.86. The van der Waals surface area contributed by atoms with Gasteiger partial charge in [-0.25, -0.2) is 0 Å². The summed E-state index contributed by atoms with van der Waals surface area (Å²) < 4.78 is 39.7. The molecule has 21 heavy (non-hydrogen) atoms. The lowest BCUT2D eigenvalue weighted by Crippen LogP contribution is -2.25. The number of nitrogens with zero attached hydrogens (tertiary/aromatic N) is 2. The highest BCUT2D eigenvalue weighted by Crippen LogP contribution is 2.23. The minimum atomic E-state index is -4.72. The quantitative estimate of drug-likeness (QED) is 0.661. The van der Waals surface area contributed by atoms with Crippen molar-refractivity contribution in [1.29, 1.82) is 5.26 Å². The van der Waals surface area contributed by atoms with E-state index in [4.69, 9.17) is 11.0 Å². The Morgan fingerprint density at radius 1 is 1.33 bits per heavy atom. The van der Waals surface area contributed by atoms with E-state index in [0.717, 1.165) is 12.1 Å². The van der Waals surface area contributed by atoms with Crippen LogP contribution in [0, 0.1) is 16.7 Å². The smallest absolute Gasteiger partial charge is 0.406 e. The lowest BCUT2D eigenvalue weighted by Gasteiger charge is -2.13. The average Bonchev–Trinajstić information content (AvgIpc) is 2.37. The fourth-order valence-electron chi connectivity index (χ4n) is 1.25. The molecule has 114 valence electrons. The summed E-state index contributed by atoms with van der Waals surface area (Å²) in [4.78, 5) is 3.99. The molecular weight excluding hydrogens is 285 g/mol. The molecule has 8 heteroatoms. The number of benzene rings is 1. The van der Waals surface area contributed by atoms with Crippen LogP contribution < -0.4 is 15.8 Å². The van der Waals surface area contributed by atoms with E-state index < -0.39 is 11.8 Å². The molecule has 0 aliphatic heterocycles. The maximum Gasteiger partial charge on any atom is 0.573 e. The highest BCUT2D eigenvalue weighted by molar-refractivity contribution is 5.92. The van der Waals surface area contributed by atoms with Gasteiger partial charge in [-0.2, -0.15) is 5.26 Å². The Hall–Kier alpha value is -2.43. The molecule has 1 rings (SSSR count). The number of rotatable bonds is 4. The lowest BCUT2D eigenvalue weighted by atomic mass is 9.96. The Balaban J connectivity index is 2.64. The molecule has 0 aromatic heterocycles. The van der Waals surface area contributed by atoms with Crippen LogP contribution in [-0.4, -0.2) is 18.9 Å². The van der Waals surface area contributed by atoms with E-state index in [0.29, 0.717) is 5.69 Å². The second-order valence-corrected chi connectivity index (χ2v) is 4.89. The van der Waals surface area contributed by atoms with E-state index in [1.807, 2.05) is 0 Å². The molecule has 5 nitrogen and oxygen atoms in total. The van der Waals surface area contributed by atoms with Crippen molar-refractivity contribution in [2.24, 2.45) is 16.1 Å². The van der Waals surface area contributed by atoms with Crippen LogP contribution in [-0.2, 0) is 0 Å². The van der Waals surface area contributed by atoms with Crippen LogP contribution in [0.25, 0.3) is 0 Å². The third kappa shape index (κ3) is 6.51. The summed E-state index contributed by atoms with van der Waals surface area (Å²) in [5.41, 5.74) is 5.44. The molecular formula is C13H15F3N4O. The first-order valence-corrected chi connectivity index (χ1v) is 5.95. The Morgan fingerprint density at radius 2 is 1.90 bits per heavy atom. The van der Waals surface area contributed by atoms with Crippen LogP contribution in [0.3, 0.4) is 0 Å². The number of nitriles is 1. The van der Waals surface area contributed by atoms with E-state index in [2.05, 4.69) is 21.1 Å². The molecule has 0 fully saturated rings. The summed E-state index contributed by atoms with van der Waals surface area (Å²) in [6.07, 6.45) is -4.72. The molecule has 0 saturated heterocycles. The number of halogens is 3. The van der Waals surface area contributed by atoms with Crippen molar-refractivity contribution in [1.82, 2.24) is 0 Å². The minimum absolute atomic E-state index is 0.0721. The highest BCUT2D eigenvalue weighted by atomic mass is 19.4. The van der Waals surface area contributed by atoms with Gasteiger partial charge in [0.15, 0.2) is 5.96 Å². The Bertz CT molecular complexity index is 544. The number of anilines is 1. The number of alkyl halides is 3. The number of nitrogens with one attached hydrogen (secondary N) is 1. The molecule has 1 aromatic carbocycles. The number of nitrogens with two attached hydrogens (primary N) is 1. The Labute approximate surface area is 120 Å². The fraction of sp³-hybridized carbons (Fsp3) is 0.385. The van der Waals surface area contributed by atoms with Crippen LogP contribution in [0.4, 0.5) is 18.9 Å². The highest BCUT2D eigenvalue weighted by Gasteiger charge is 2.30. The Morgan fingerprint density at radius 3 is 2.38 bits per heavy atom. The van der Waals surface area contributed by atoms with Gasteiger partial charge in [-0.15, -0.1) is 13.2 Å². The van der Waals surface area contributed by atoms with Crippen LogP contribution in [0.1, 0.15) is 13.8 Å². The molecule has 0 heterocycles. The summed E-state index contributed by atoms with van der Waals surface area (Å²) >= 11 is 0. The molecule has 0 aliphatic rings. The first-order valence-electron chi connectivity index (χ1n) is 5.95. The van der Waals surface area contributed by atoms with Gasteiger partial charge < -0.3 is 15.8 Å². The van der Waals surface area contributed by atoms with E-state index in [9.17, 15) is 13.2 Å². The first kappa shape index (κ1) is 16.6. The van der Waals surface area contributed by atoms with Gasteiger partial charge in [-0.05, 0) is 38.1 Å². The zero-order valence-corrected chi connectivity index (χ0v) is 11.5. The molecule has 3 N–H and O–H groups in total. The molecule has 0 amide bonds. The topological polar surface area (TPSA) is 83.4 Å². The zero-order valence-electron chi connectivity index (χ0n) is 11.5. The standard InChI is InChI=1S/C13H15F3N4O/c1-12(2,7-17)8-19-11(18)20-9-3-5-10(6-4-9)21-13(14,15)16/h3-6H,8H2,1-2H3,(H3,18,19,20). The average molecular weight is 300 g/mol. The van der Waals surface area contributed by atoms with E-state index in [1.165, 1.54) is 12.1 Å². The predicted molar refractivity (Wildman–Crippen MR) is 72.6 cm³/mol. The van der Waals surface area contributed by atoms with Crippen molar-refractivity contribution in [3.63, 3.8) is 0 Å². The number of hydrogen-bond acceptors (Lipinski definition) is 3. The third-order valence-corrected chi connectivity index (χ3v) is 2.31. The van der Waals surface area contributed by atoms with Gasteiger partial charge in [0.05, 0.1) is 18.0 Å². The van der Waals surface area contributed by atoms with Gasteiger partial charge in [-0.1, -0.05) is 0 Å². The van der Waals surface area contributed by atoms with Gasteiger partial charge >= 0.3 is 6.36 Å². The van der Waals surface area contributed by atoms with Crippen LogP contribution in [0.2, 0.25) is 0 Å². The van der Waals surface area contributed by atoms with Gasteiger partial charge in [0.25, 0.3) is 0 Å². The van der Waals surface area contributed by atoms with Crippen molar-refractivity contribution in [2.45, 2.75) is 20.2 Å². The normalized spacial score (nSPS) is 12.7. The third-order valence-electron chi connectivity index (χ3n) is 2.31. The van der Waals surface area contributed by atoms with Gasteiger partial charge in [0.1, 0.15) is 5.75 Å². The number of guanidine groups is 1. The van der Waals surface area contributed by atoms with Gasteiger partial charge in [0, 0.05) is 5.69 Å². The largest absolute Gasteiger partial charge is 0.573 e. The van der Waals surface area contributed by atoms with Crippen molar-refractivity contribution >= 4 is 11.6 Å². The van der Waals surface area contributed by atoms with Gasteiger partial charge in [0.2, 0.25) is 0 Å². The summed E-state index contributed by atoms with van der Waals surface area (Å²) in [6, 6.07) is 7.13. The summed E-state index contributed by atoms with van der Waals surface area (Å²) in [5, 5.41) is 11.5. The zero-order chi connectivity index (χ0) is 16.1. The maximum absolute atomic E-state index is 12.0. The monoisotopic (exact) mass is 300 g/mol. The number of ether oxygens (including phenoxy) is 1. The molecule has 0 aliphatic carbocycles. The summed E-state index contributed by atoms with van der Waals surface area (Å²) in [5.74, 6) is -0.253. The maximum atomic E-state index is 12.0. The van der Waals surface area contributed by atoms with Gasteiger partial charge in [-0.3, -0.25) is 4.99 Å². The summed E-state index contributed by atoms with van der Waals surface area (Å²) in [7, 11) is 0. The van der Waals surface area contributed by atoms with Crippen LogP contribution in [0.15, 0.2) is 29.3 Å². The minimum Gasteiger partial charge on any atom is -0.406 e. The van der Waals surface area contributed by atoms with Crippen molar-refractivity contribution in [3.05, 3.63) is 24.3 Å². The molecule has 0 radical (unpaired) electrons. The number of hydrogen-bond donors (Lipinski definition) is 2. The van der Waals surface area contributed by atoms with Crippen LogP contribution >= 0.6 is 0 Å². The molecule has 0 bridgehead atoms. The van der Waals surface area contributed by atoms with Crippen molar-refractivity contribution < 1.29 is 17.9 Å². The molecule has 0 saturated carbocycles. The molecule has 0 atom stereocenters. The SMILES string of the molecule is CC(C)(C#N)CN=C(N)Nc1ccc(OC(F)(F)F)cc1. The molecule has 1 aromatic rings. The van der Waals surface area contributed by atoms with Crippen molar-refractivity contribution in [3.8, 4) is 11.8 Å². The second-order valence-electron chi connectivity index (χ2n) is 4.89. The first-order chi connectivity index (χ1) is 9.61. The Kier molecular flexibility index (Phi) is 5.02.